The van der Waals surface area contributed by atoms with Gasteiger partial charge < -0.3 is 15.4 Å². The molecular weight excluding hydrogens is 368 g/mol. The standard InChI is InChI=1S/C15H18BrClN4O/c1-21(2)6-3-7-22-13-5-4-10(16)8-11(13)12-9-14(17)20-15(18)19-12/h4-5,8-9H,3,6-7H2,1-2H3,(H2,18,19,20). The lowest BCUT2D eigenvalue weighted by Crippen LogP contribution is -2.15. The van der Waals surface area contributed by atoms with Gasteiger partial charge in [-0.25, -0.2) is 9.97 Å². The maximum Gasteiger partial charge on any atom is 0.221 e. The van der Waals surface area contributed by atoms with Gasteiger partial charge in [0, 0.05) is 22.6 Å². The fourth-order valence-electron chi connectivity index (χ4n) is 1.96. The van der Waals surface area contributed by atoms with Gasteiger partial charge in [-0.05, 0) is 38.7 Å². The van der Waals surface area contributed by atoms with Crippen molar-refractivity contribution >= 4 is 33.5 Å². The molecule has 0 aliphatic heterocycles. The zero-order chi connectivity index (χ0) is 16.1. The highest BCUT2D eigenvalue weighted by Gasteiger charge is 2.11. The van der Waals surface area contributed by atoms with E-state index in [-0.39, 0.29) is 5.95 Å². The number of halogens is 2. The molecule has 0 atom stereocenters. The Hall–Kier alpha value is -1.37. The van der Waals surface area contributed by atoms with Crippen LogP contribution in [-0.2, 0) is 0 Å². The minimum Gasteiger partial charge on any atom is -0.493 e. The van der Waals surface area contributed by atoms with E-state index < -0.39 is 0 Å². The number of aromatic nitrogens is 2. The van der Waals surface area contributed by atoms with Crippen molar-refractivity contribution < 1.29 is 4.74 Å². The second-order valence-electron chi connectivity index (χ2n) is 5.08. The Labute approximate surface area is 143 Å². The quantitative estimate of drug-likeness (QED) is 0.609. The van der Waals surface area contributed by atoms with E-state index in [0.717, 1.165) is 28.8 Å². The number of rotatable bonds is 6. The van der Waals surface area contributed by atoms with Gasteiger partial charge >= 0.3 is 0 Å². The minimum atomic E-state index is 0.140. The van der Waals surface area contributed by atoms with Crippen molar-refractivity contribution in [2.75, 3.05) is 33.0 Å². The first-order chi connectivity index (χ1) is 10.5. The summed E-state index contributed by atoms with van der Waals surface area (Å²) in [4.78, 5) is 10.2. The Morgan fingerprint density at radius 2 is 2.05 bits per heavy atom. The second-order valence-corrected chi connectivity index (χ2v) is 6.38. The van der Waals surface area contributed by atoms with Gasteiger partial charge in [-0.1, -0.05) is 27.5 Å². The van der Waals surface area contributed by atoms with Gasteiger partial charge in [-0.3, -0.25) is 0 Å². The fraction of sp³-hybridized carbons (Fsp3) is 0.333. The predicted molar refractivity (Wildman–Crippen MR) is 93.3 cm³/mol. The second kappa shape index (κ2) is 7.76. The van der Waals surface area contributed by atoms with Crippen LogP contribution >= 0.6 is 27.5 Å². The van der Waals surface area contributed by atoms with Crippen molar-refractivity contribution in [3.05, 3.63) is 33.9 Å². The molecule has 0 bridgehead atoms. The minimum absolute atomic E-state index is 0.140. The monoisotopic (exact) mass is 384 g/mol. The van der Waals surface area contributed by atoms with Crippen LogP contribution in [0.4, 0.5) is 5.95 Å². The van der Waals surface area contributed by atoms with Crippen LogP contribution in [0.15, 0.2) is 28.7 Å². The molecule has 0 unspecified atom stereocenters. The van der Waals surface area contributed by atoms with E-state index in [1.807, 2.05) is 32.3 Å². The number of nitrogens with two attached hydrogens (primary N) is 1. The van der Waals surface area contributed by atoms with Crippen LogP contribution in [0.25, 0.3) is 11.3 Å². The Bertz CT molecular complexity index is 631. The summed E-state index contributed by atoms with van der Waals surface area (Å²) in [6, 6.07) is 7.43. The maximum atomic E-state index is 5.96. The molecule has 1 aromatic carbocycles. The van der Waals surface area contributed by atoms with E-state index in [0.29, 0.717) is 17.5 Å². The molecule has 22 heavy (non-hydrogen) atoms. The summed E-state index contributed by atoms with van der Waals surface area (Å²) in [7, 11) is 4.08. The molecule has 0 radical (unpaired) electrons. The van der Waals surface area contributed by atoms with Crippen LogP contribution in [-0.4, -0.2) is 42.1 Å². The molecule has 0 saturated heterocycles. The average Bonchev–Trinajstić information content (AvgIpc) is 2.43. The largest absolute Gasteiger partial charge is 0.493 e. The van der Waals surface area contributed by atoms with E-state index in [2.05, 4.69) is 30.8 Å². The topological polar surface area (TPSA) is 64.3 Å². The van der Waals surface area contributed by atoms with Gasteiger partial charge in [0.1, 0.15) is 10.9 Å². The van der Waals surface area contributed by atoms with E-state index in [1.54, 1.807) is 6.07 Å². The van der Waals surface area contributed by atoms with Gasteiger partial charge in [-0.15, -0.1) is 0 Å². The summed E-state index contributed by atoms with van der Waals surface area (Å²) >= 11 is 9.43. The lowest BCUT2D eigenvalue weighted by Gasteiger charge is -2.14. The van der Waals surface area contributed by atoms with Gasteiger partial charge in [0.2, 0.25) is 5.95 Å². The Kier molecular flexibility index (Phi) is 5.99. The Balaban J connectivity index is 2.24. The summed E-state index contributed by atoms with van der Waals surface area (Å²) in [6.45, 7) is 1.60. The number of hydrogen-bond acceptors (Lipinski definition) is 5. The first-order valence-electron chi connectivity index (χ1n) is 6.83. The molecular formula is C15H18BrClN4O. The molecule has 118 valence electrons. The highest BCUT2D eigenvalue weighted by Crippen LogP contribution is 2.33. The Morgan fingerprint density at radius 1 is 1.27 bits per heavy atom. The van der Waals surface area contributed by atoms with Crippen LogP contribution in [0.3, 0.4) is 0 Å². The lowest BCUT2D eigenvalue weighted by atomic mass is 10.1. The third-order valence-corrected chi connectivity index (χ3v) is 3.62. The maximum absolute atomic E-state index is 5.96. The molecule has 1 aromatic heterocycles. The van der Waals surface area contributed by atoms with Crippen molar-refractivity contribution in [1.29, 1.82) is 0 Å². The molecule has 2 rings (SSSR count). The molecule has 2 N–H and O–H groups in total. The normalized spacial score (nSPS) is 11.0. The zero-order valence-corrected chi connectivity index (χ0v) is 14.9. The van der Waals surface area contributed by atoms with E-state index in [9.17, 15) is 0 Å². The molecule has 0 aliphatic carbocycles. The summed E-state index contributed by atoms with van der Waals surface area (Å²) in [5.41, 5.74) is 7.14. The van der Waals surface area contributed by atoms with Crippen molar-refractivity contribution in [3.63, 3.8) is 0 Å². The molecule has 5 nitrogen and oxygen atoms in total. The molecule has 0 saturated carbocycles. The summed E-state index contributed by atoms with van der Waals surface area (Å²) in [5.74, 6) is 0.886. The molecule has 0 amide bonds. The number of anilines is 1. The average molecular weight is 386 g/mol. The van der Waals surface area contributed by atoms with Crippen molar-refractivity contribution in [2.45, 2.75) is 6.42 Å². The smallest absolute Gasteiger partial charge is 0.221 e. The SMILES string of the molecule is CN(C)CCCOc1ccc(Br)cc1-c1cc(Cl)nc(N)n1. The first kappa shape index (κ1) is 17.0. The Morgan fingerprint density at radius 3 is 2.73 bits per heavy atom. The molecule has 0 aliphatic rings. The van der Waals surface area contributed by atoms with Crippen molar-refractivity contribution in [3.8, 4) is 17.0 Å². The molecule has 0 fully saturated rings. The van der Waals surface area contributed by atoms with Gasteiger partial charge in [0.15, 0.2) is 0 Å². The fourth-order valence-corrected chi connectivity index (χ4v) is 2.52. The van der Waals surface area contributed by atoms with Crippen LogP contribution in [0.2, 0.25) is 5.15 Å². The van der Waals surface area contributed by atoms with Crippen molar-refractivity contribution in [1.82, 2.24) is 14.9 Å². The van der Waals surface area contributed by atoms with Crippen LogP contribution in [0, 0.1) is 0 Å². The van der Waals surface area contributed by atoms with Gasteiger partial charge in [-0.2, -0.15) is 0 Å². The van der Waals surface area contributed by atoms with Gasteiger partial charge in [0.25, 0.3) is 0 Å². The lowest BCUT2D eigenvalue weighted by molar-refractivity contribution is 0.282. The summed E-state index contributed by atoms with van der Waals surface area (Å²) < 4.78 is 6.81. The van der Waals surface area contributed by atoms with Gasteiger partial charge in [0.05, 0.1) is 12.3 Å². The first-order valence-corrected chi connectivity index (χ1v) is 8.00. The van der Waals surface area contributed by atoms with E-state index in [1.165, 1.54) is 0 Å². The summed E-state index contributed by atoms with van der Waals surface area (Å²) in [6.07, 6.45) is 0.940. The number of ether oxygens (including phenoxy) is 1. The number of nitrogen functional groups attached to an aromatic ring is 1. The molecule has 0 spiro atoms. The van der Waals surface area contributed by atoms with E-state index >= 15 is 0 Å². The third-order valence-electron chi connectivity index (χ3n) is 2.94. The van der Waals surface area contributed by atoms with E-state index in [4.69, 9.17) is 22.1 Å². The number of benzene rings is 1. The number of hydrogen-bond donors (Lipinski definition) is 1. The van der Waals surface area contributed by atoms with Crippen LogP contribution in [0.1, 0.15) is 6.42 Å². The van der Waals surface area contributed by atoms with Crippen molar-refractivity contribution in [2.24, 2.45) is 0 Å². The molecule has 1 heterocycles. The number of nitrogens with zero attached hydrogens (tertiary/aromatic N) is 3. The summed E-state index contributed by atoms with van der Waals surface area (Å²) in [5, 5.41) is 0.307. The predicted octanol–water partition coefficient (Wildman–Crippen LogP) is 3.47. The third kappa shape index (κ3) is 4.83. The van der Waals surface area contributed by atoms with Crippen LogP contribution < -0.4 is 10.5 Å². The molecule has 2 aromatic rings. The highest BCUT2D eigenvalue weighted by atomic mass is 79.9. The molecule has 7 heteroatoms. The zero-order valence-electron chi connectivity index (χ0n) is 12.5. The highest BCUT2D eigenvalue weighted by molar-refractivity contribution is 9.10. The van der Waals surface area contributed by atoms with Crippen LogP contribution in [0.5, 0.6) is 5.75 Å².